The number of nitrogens with one attached hydrogen (secondary N) is 1. The summed E-state index contributed by atoms with van der Waals surface area (Å²) in [5, 5.41) is 4.26. The Morgan fingerprint density at radius 2 is 1.77 bits per heavy atom. The van der Waals surface area contributed by atoms with Crippen molar-refractivity contribution in [1.29, 1.82) is 0 Å². The monoisotopic (exact) mass is 305 g/mol. The molecule has 1 aromatic rings. The molecule has 0 fully saturated rings. The van der Waals surface area contributed by atoms with E-state index in [0.29, 0.717) is 17.2 Å². The van der Waals surface area contributed by atoms with Gasteiger partial charge in [-0.05, 0) is 25.0 Å². The van der Waals surface area contributed by atoms with Crippen LogP contribution in [0.3, 0.4) is 0 Å². The Bertz CT molecular complexity index is 531. The van der Waals surface area contributed by atoms with Crippen LogP contribution in [0.15, 0.2) is 22.2 Å². The maximum Gasteiger partial charge on any atom is 0.203 e. The number of ether oxygens (including phenoxy) is 3. The van der Waals surface area contributed by atoms with E-state index in [9.17, 15) is 0 Å². The molecule has 0 amide bonds. The van der Waals surface area contributed by atoms with Gasteiger partial charge >= 0.3 is 0 Å². The summed E-state index contributed by atoms with van der Waals surface area (Å²) < 4.78 is 15.9. The third-order valence-electron chi connectivity index (χ3n) is 3.47. The van der Waals surface area contributed by atoms with Gasteiger partial charge in [0.1, 0.15) is 5.84 Å². The van der Waals surface area contributed by atoms with E-state index in [-0.39, 0.29) is 0 Å². The molecule has 6 nitrogen and oxygen atoms in total. The molecule has 0 spiro atoms. The van der Waals surface area contributed by atoms with Crippen LogP contribution in [0, 0.1) is 0 Å². The Labute approximate surface area is 131 Å². The van der Waals surface area contributed by atoms with E-state index in [4.69, 9.17) is 14.2 Å². The predicted molar refractivity (Wildman–Crippen MR) is 87.6 cm³/mol. The van der Waals surface area contributed by atoms with Crippen LogP contribution in [-0.2, 0) is 0 Å². The summed E-state index contributed by atoms with van der Waals surface area (Å²) in [5.74, 6) is 2.73. The fourth-order valence-electron chi connectivity index (χ4n) is 2.32. The van der Waals surface area contributed by atoms with Gasteiger partial charge in [-0.2, -0.15) is 5.10 Å². The van der Waals surface area contributed by atoms with E-state index in [1.807, 2.05) is 12.1 Å². The van der Waals surface area contributed by atoms with Crippen molar-refractivity contribution >= 4 is 12.1 Å². The normalized spacial score (nSPS) is 15.1. The number of nitrogens with zero attached hydrogens (tertiary/aromatic N) is 2. The van der Waals surface area contributed by atoms with Gasteiger partial charge in [0, 0.05) is 18.5 Å². The molecule has 0 unspecified atom stereocenters. The van der Waals surface area contributed by atoms with Crippen molar-refractivity contribution in [3.8, 4) is 17.2 Å². The van der Waals surface area contributed by atoms with Gasteiger partial charge in [0.25, 0.3) is 0 Å². The molecule has 0 aliphatic carbocycles. The average Bonchev–Trinajstić information content (AvgIpc) is 2.82. The molecule has 1 heterocycles. The molecular weight excluding hydrogens is 282 g/mol. The Morgan fingerprint density at radius 3 is 2.41 bits per heavy atom. The van der Waals surface area contributed by atoms with Gasteiger partial charge in [0.05, 0.1) is 27.5 Å². The van der Waals surface area contributed by atoms with Gasteiger partial charge in [-0.15, -0.1) is 0 Å². The summed E-state index contributed by atoms with van der Waals surface area (Å²) >= 11 is 0. The summed E-state index contributed by atoms with van der Waals surface area (Å²) in [6.45, 7) is 0.877. The molecular formula is C16H23N3O3. The van der Waals surface area contributed by atoms with Crippen LogP contribution in [0.25, 0.3) is 0 Å². The summed E-state index contributed by atoms with van der Waals surface area (Å²) in [6.07, 6.45) is 6.21. The lowest BCUT2D eigenvalue weighted by Gasteiger charge is -2.12. The molecule has 6 heteroatoms. The van der Waals surface area contributed by atoms with Gasteiger partial charge in [-0.3, -0.25) is 10.4 Å². The maximum absolute atomic E-state index is 5.32. The Kier molecular flexibility index (Phi) is 6.06. The van der Waals surface area contributed by atoms with Crippen LogP contribution >= 0.6 is 0 Å². The lowest BCUT2D eigenvalue weighted by atomic mass is 10.2. The Morgan fingerprint density at radius 1 is 1.05 bits per heavy atom. The molecule has 1 N–H and O–H groups in total. The molecule has 2 rings (SSSR count). The van der Waals surface area contributed by atoms with E-state index < -0.39 is 0 Å². The number of hydrogen-bond acceptors (Lipinski definition) is 6. The number of hydrazone groups is 1. The number of hydrogen-bond donors (Lipinski definition) is 1. The Hall–Kier alpha value is -2.24. The fraction of sp³-hybridized carbons (Fsp3) is 0.500. The molecule has 120 valence electrons. The van der Waals surface area contributed by atoms with Gasteiger partial charge < -0.3 is 14.2 Å². The van der Waals surface area contributed by atoms with Crippen molar-refractivity contribution in [1.82, 2.24) is 5.43 Å². The van der Waals surface area contributed by atoms with E-state index in [0.717, 1.165) is 37.2 Å². The van der Waals surface area contributed by atoms with Gasteiger partial charge in [-0.25, -0.2) is 0 Å². The van der Waals surface area contributed by atoms with Crippen LogP contribution in [-0.4, -0.2) is 39.9 Å². The molecule has 1 aromatic carbocycles. The average molecular weight is 305 g/mol. The van der Waals surface area contributed by atoms with Crippen molar-refractivity contribution in [3.05, 3.63) is 17.7 Å². The molecule has 0 saturated carbocycles. The minimum Gasteiger partial charge on any atom is -0.493 e. The van der Waals surface area contributed by atoms with Gasteiger partial charge in [0.2, 0.25) is 5.75 Å². The first-order valence-corrected chi connectivity index (χ1v) is 7.41. The number of methoxy groups -OCH3 is 3. The molecule has 0 bridgehead atoms. The van der Waals surface area contributed by atoms with E-state index in [1.165, 1.54) is 6.42 Å². The zero-order valence-electron chi connectivity index (χ0n) is 13.4. The van der Waals surface area contributed by atoms with E-state index in [2.05, 4.69) is 15.5 Å². The first-order chi connectivity index (χ1) is 10.8. The highest BCUT2D eigenvalue weighted by molar-refractivity contribution is 5.86. The van der Waals surface area contributed by atoms with Crippen molar-refractivity contribution in [2.45, 2.75) is 25.7 Å². The summed E-state index contributed by atoms with van der Waals surface area (Å²) in [6, 6.07) is 3.70. The third-order valence-corrected chi connectivity index (χ3v) is 3.47. The Balaban J connectivity index is 2.11. The molecule has 0 saturated heterocycles. The fourth-order valence-corrected chi connectivity index (χ4v) is 2.32. The van der Waals surface area contributed by atoms with Crippen molar-refractivity contribution < 1.29 is 14.2 Å². The van der Waals surface area contributed by atoms with Crippen molar-refractivity contribution in [2.24, 2.45) is 10.1 Å². The molecule has 1 aliphatic rings. The zero-order valence-corrected chi connectivity index (χ0v) is 13.4. The standard InChI is InChI=1S/C16H23N3O3/c1-20-13-9-12(10-14(21-2)16(13)22-3)11-18-19-15-7-5-4-6-8-17-15/h9-11H,4-8H2,1-3H3,(H,17,19)/b18-11-. The highest BCUT2D eigenvalue weighted by Gasteiger charge is 2.12. The van der Waals surface area contributed by atoms with E-state index in [1.54, 1.807) is 27.5 Å². The lowest BCUT2D eigenvalue weighted by Crippen LogP contribution is -2.17. The topological polar surface area (TPSA) is 64.4 Å². The van der Waals surface area contributed by atoms with E-state index >= 15 is 0 Å². The summed E-state index contributed by atoms with van der Waals surface area (Å²) in [7, 11) is 4.77. The second-order valence-electron chi connectivity index (χ2n) is 4.97. The van der Waals surface area contributed by atoms with Crippen molar-refractivity contribution in [3.63, 3.8) is 0 Å². The SMILES string of the molecule is COc1cc(/C=N\NC2=NCCCCC2)cc(OC)c1OC. The van der Waals surface area contributed by atoms with Crippen LogP contribution in [0.1, 0.15) is 31.2 Å². The zero-order chi connectivity index (χ0) is 15.8. The summed E-state index contributed by atoms with van der Waals surface area (Å²) in [4.78, 5) is 4.47. The number of aliphatic imine (C=N–C) groups is 1. The first kappa shape index (κ1) is 16.1. The molecule has 22 heavy (non-hydrogen) atoms. The predicted octanol–water partition coefficient (Wildman–Crippen LogP) is 2.61. The molecule has 1 aliphatic heterocycles. The molecule has 0 atom stereocenters. The summed E-state index contributed by atoms with van der Waals surface area (Å²) in [5.41, 5.74) is 3.88. The highest BCUT2D eigenvalue weighted by Crippen LogP contribution is 2.37. The number of amidine groups is 1. The van der Waals surface area contributed by atoms with Gasteiger partial charge in [0.15, 0.2) is 11.5 Å². The lowest BCUT2D eigenvalue weighted by molar-refractivity contribution is 0.324. The first-order valence-electron chi connectivity index (χ1n) is 7.41. The minimum absolute atomic E-state index is 0.572. The largest absolute Gasteiger partial charge is 0.493 e. The third kappa shape index (κ3) is 4.13. The van der Waals surface area contributed by atoms with Crippen LogP contribution in [0.2, 0.25) is 0 Å². The number of rotatable bonds is 5. The maximum atomic E-state index is 5.32. The van der Waals surface area contributed by atoms with Crippen LogP contribution < -0.4 is 19.6 Å². The van der Waals surface area contributed by atoms with Crippen LogP contribution in [0.5, 0.6) is 17.2 Å². The van der Waals surface area contributed by atoms with Gasteiger partial charge in [-0.1, -0.05) is 6.42 Å². The molecule has 0 aromatic heterocycles. The quantitative estimate of drug-likeness (QED) is 0.671. The van der Waals surface area contributed by atoms with Crippen molar-refractivity contribution in [2.75, 3.05) is 27.9 Å². The number of benzene rings is 1. The van der Waals surface area contributed by atoms with Crippen LogP contribution in [0.4, 0.5) is 0 Å². The second kappa shape index (κ2) is 8.26. The molecule has 0 radical (unpaired) electrons. The highest BCUT2D eigenvalue weighted by atomic mass is 16.5. The second-order valence-corrected chi connectivity index (χ2v) is 4.97. The smallest absolute Gasteiger partial charge is 0.203 e. The minimum atomic E-state index is 0.572.